The summed E-state index contributed by atoms with van der Waals surface area (Å²) in [7, 11) is 0. The topological polar surface area (TPSA) is 6.48 Å². The fraction of sp³-hybridized carbons (Fsp3) is 1.00. The molecule has 0 bridgehead atoms. The predicted molar refractivity (Wildman–Crippen MR) is 102 cm³/mol. The lowest BCUT2D eigenvalue weighted by atomic mass is 9.79. The lowest BCUT2D eigenvalue weighted by molar-refractivity contribution is 0.141. The minimum absolute atomic E-state index is 0.368. The van der Waals surface area contributed by atoms with Gasteiger partial charge in [-0.1, -0.05) is 20.8 Å². The van der Waals surface area contributed by atoms with Crippen molar-refractivity contribution < 1.29 is 0 Å². The molecule has 2 heteroatoms. The van der Waals surface area contributed by atoms with Crippen LogP contribution in [0.5, 0.6) is 0 Å². The summed E-state index contributed by atoms with van der Waals surface area (Å²) in [6, 6.07) is 0.917. The van der Waals surface area contributed by atoms with Crippen molar-refractivity contribution in [2.75, 3.05) is 26.2 Å². The standard InChI is InChI=1S/C22H40N2/c1-21(2,3)19-7-15-11-23(12-16(15)8-19)20-9-17-13-24(22(4,5)6)14-18(17)10-20/h15-20H,7-14H2,1-6H3/t15-,16-,17-,18-/m0/s1. The molecule has 0 unspecified atom stereocenters. The van der Waals surface area contributed by atoms with Gasteiger partial charge in [0, 0.05) is 37.8 Å². The Bertz CT molecular complexity index is 399. The molecule has 0 N–H and O–H groups in total. The van der Waals surface area contributed by atoms with Crippen LogP contribution >= 0.6 is 0 Å². The molecule has 0 aromatic heterocycles. The molecule has 2 nitrogen and oxygen atoms in total. The molecule has 24 heavy (non-hydrogen) atoms. The third-order valence-corrected chi connectivity index (χ3v) is 8.20. The van der Waals surface area contributed by atoms with E-state index in [2.05, 4.69) is 51.3 Å². The fourth-order valence-corrected chi connectivity index (χ4v) is 6.46. The Morgan fingerprint density at radius 3 is 1.50 bits per heavy atom. The van der Waals surface area contributed by atoms with Crippen molar-refractivity contribution in [1.29, 1.82) is 0 Å². The van der Waals surface area contributed by atoms with Crippen LogP contribution in [-0.4, -0.2) is 47.6 Å². The third-order valence-electron chi connectivity index (χ3n) is 8.20. The van der Waals surface area contributed by atoms with Crippen LogP contribution in [0.3, 0.4) is 0 Å². The maximum absolute atomic E-state index is 2.92. The Balaban J connectivity index is 1.31. The maximum Gasteiger partial charge on any atom is 0.0125 e. The van der Waals surface area contributed by atoms with Crippen molar-refractivity contribution in [2.45, 2.75) is 78.8 Å². The number of rotatable bonds is 1. The van der Waals surface area contributed by atoms with E-state index < -0.39 is 0 Å². The van der Waals surface area contributed by atoms with Crippen LogP contribution in [0.1, 0.15) is 67.2 Å². The van der Waals surface area contributed by atoms with Crippen LogP contribution in [0.25, 0.3) is 0 Å². The van der Waals surface area contributed by atoms with Crippen molar-refractivity contribution in [3.8, 4) is 0 Å². The summed E-state index contributed by atoms with van der Waals surface area (Å²) >= 11 is 0. The molecule has 2 aliphatic heterocycles. The molecule has 0 radical (unpaired) electrons. The van der Waals surface area contributed by atoms with Crippen LogP contribution in [-0.2, 0) is 0 Å². The van der Waals surface area contributed by atoms with Crippen molar-refractivity contribution in [3.63, 3.8) is 0 Å². The van der Waals surface area contributed by atoms with Crippen molar-refractivity contribution in [3.05, 3.63) is 0 Å². The van der Waals surface area contributed by atoms with Gasteiger partial charge in [-0.15, -0.1) is 0 Å². The number of nitrogens with zero attached hydrogens (tertiary/aromatic N) is 2. The molecular weight excluding hydrogens is 292 g/mol. The number of hydrogen-bond acceptors (Lipinski definition) is 2. The smallest absolute Gasteiger partial charge is 0.0125 e. The molecule has 2 heterocycles. The second kappa shape index (κ2) is 5.71. The monoisotopic (exact) mass is 332 g/mol. The number of hydrogen-bond donors (Lipinski definition) is 0. The molecule has 2 saturated carbocycles. The van der Waals surface area contributed by atoms with Crippen molar-refractivity contribution in [1.82, 2.24) is 9.80 Å². The minimum Gasteiger partial charge on any atom is -0.300 e. The summed E-state index contributed by atoms with van der Waals surface area (Å²) < 4.78 is 0. The Labute approximate surface area is 150 Å². The average molecular weight is 333 g/mol. The lowest BCUT2D eigenvalue weighted by Gasteiger charge is -2.34. The zero-order valence-electron chi connectivity index (χ0n) is 17.0. The third kappa shape index (κ3) is 3.07. The van der Waals surface area contributed by atoms with Crippen LogP contribution < -0.4 is 0 Å². The summed E-state index contributed by atoms with van der Waals surface area (Å²) in [6.07, 6.45) is 5.98. The van der Waals surface area contributed by atoms with E-state index >= 15 is 0 Å². The summed E-state index contributed by atoms with van der Waals surface area (Å²) in [5.74, 6) is 4.97. The normalized spacial score (nSPS) is 39.8. The predicted octanol–water partition coefficient (Wildman–Crippen LogP) is 4.50. The molecule has 4 atom stereocenters. The molecule has 0 aromatic rings. The van der Waals surface area contributed by atoms with Gasteiger partial charge < -0.3 is 0 Å². The molecule has 2 aliphatic carbocycles. The molecule has 0 spiro atoms. The number of likely N-dealkylation sites (tertiary alicyclic amines) is 2. The molecular formula is C22H40N2. The van der Waals surface area contributed by atoms with Gasteiger partial charge in [-0.25, -0.2) is 0 Å². The second-order valence-electron chi connectivity index (χ2n) is 11.7. The molecule has 0 aromatic carbocycles. The lowest BCUT2D eigenvalue weighted by Crippen LogP contribution is -2.41. The summed E-state index contributed by atoms with van der Waals surface area (Å²) in [6.45, 7) is 20.1. The average Bonchev–Trinajstić information content (AvgIpc) is 3.12. The number of fused-ring (bicyclic) bond motifs is 2. The highest BCUT2D eigenvalue weighted by molar-refractivity contribution is 5.02. The highest BCUT2D eigenvalue weighted by atomic mass is 15.2. The van der Waals surface area contributed by atoms with Crippen LogP contribution in [0, 0.1) is 35.0 Å². The first-order chi connectivity index (χ1) is 11.1. The largest absolute Gasteiger partial charge is 0.300 e. The zero-order chi connectivity index (χ0) is 17.3. The Hall–Kier alpha value is -0.0800. The maximum atomic E-state index is 2.92. The summed E-state index contributed by atoms with van der Waals surface area (Å²) in [5.41, 5.74) is 0.891. The molecule has 4 aliphatic rings. The molecule has 138 valence electrons. The van der Waals surface area contributed by atoms with Crippen molar-refractivity contribution in [2.24, 2.45) is 35.0 Å². The van der Waals surface area contributed by atoms with Gasteiger partial charge in [0.2, 0.25) is 0 Å². The second-order valence-corrected chi connectivity index (χ2v) is 11.7. The highest BCUT2D eigenvalue weighted by Gasteiger charge is 2.49. The first-order valence-electron chi connectivity index (χ1n) is 10.6. The fourth-order valence-electron chi connectivity index (χ4n) is 6.46. The van der Waals surface area contributed by atoms with Gasteiger partial charge >= 0.3 is 0 Å². The van der Waals surface area contributed by atoms with Gasteiger partial charge in [0.15, 0.2) is 0 Å². The van der Waals surface area contributed by atoms with E-state index in [4.69, 9.17) is 0 Å². The highest BCUT2D eigenvalue weighted by Crippen LogP contribution is 2.50. The van der Waals surface area contributed by atoms with Crippen LogP contribution in [0.15, 0.2) is 0 Å². The first-order valence-corrected chi connectivity index (χ1v) is 10.6. The van der Waals surface area contributed by atoms with Gasteiger partial charge in [0.25, 0.3) is 0 Å². The van der Waals surface area contributed by atoms with E-state index in [1.54, 1.807) is 0 Å². The van der Waals surface area contributed by atoms with E-state index in [0.29, 0.717) is 11.0 Å². The minimum atomic E-state index is 0.368. The van der Waals surface area contributed by atoms with Gasteiger partial charge in [-0.05, 0) is 81.5 Å². The summed E-state index contributed by atoms with van der Waals surface area (Å²) in [5, 5.41) is 0. The van der Waals surface area contributed by atoms with Crippen molar-refractivity contribution >= 4 is 0 Å². The quantitative estimate of drug-likeness (QED) is 0.697. The molecule has 4 rings (SSSR count). The molecule has 2 saturated heterocycles. The molecule has 0 amide bonds. The zero-order valence-corrected chi connectivity index (χ0v) is 17.0. The van der Waals surface area contributed by atoms with Gasteiger partial charge in [0.05, 0.1) is 0 Å². The SMILES string of the molecule is CC(C)(C)C1C[C@H]2CN(C3C[C@H]4CN(C(C)(C)C)C[C@@H]4C3)C[C@@H]2C1. The first kappa shape index (κ1) is 17.3. The molecule has 4 fully saturated rings. The van der Waals surface area contributed by atoms with Crippen LogP contribution in [0.2, 0.25) is 0 Å². The Kier molecular flexibility index (Phi) is 4.12. The van der Waals surface area contributed by atoms with E-state index in [1.807, 2.05) is 0 Å². The Morgan fingerprint density at radius 1 is 0.625 bits per heavy atom. The van der Waals surface area contributed by atoms with Crippen LogP contribution in [0.4, 0.5) is 0 Å². The van der Waals surface area contributed by atoms with Gasteiger partial charge in [0.1, 0.15) is 0 Å². The van der Waals surface area contributed by atoms with Gasteiger partial charge in [-0.3, -0.25) is 9.80 Å². The summed E-state index contributed by atoms with van der Waals surface area (Å²) in [4.78, 5) is 5.67. The van der Waals surface area contributed by atoms with E-state index in [9.17, 15) is 0 Å². The van der Waals surface area contributed by atoms with E-state index in [-0.39, 0.29) is 0 Å². The van der Waals surface area contributed by atoms with E-state index in [1.165, 1.54) is 51.9 Å². The Morgan fingerprint density at radius 2 is 1.08 bits per heavy atom. The van der Waals surface area contributed by atoms with E-state index in [0.717, 1.165) is 35.6 Å². The van der Waals surface area contributed by atoms with Gasteiger partial charge in [-0.2, -0.15) is 0 Å².